The largest absolute Gasteiger partial charge is 0.382 e. The van der Waals surface area contributed by atoms with Gasteiger partial charge in [-0.2, -0.15) is 9.78 Å². The summed E-state index contributed by atoms with van der Waals surface area (Å²) >= 11 is 0. The van der Waals surface area contributed by atoms with Crippen LogP contribution in [-0.2, 0) is 9.84 Å². The first kappa shape index (κ1) is 11.5. The summed E-state index contributed by atoms with van der Waals surface area (Å²) in [5.41, 5.74) is 6.47. The van der Waals surface area contributed by atoms with E-state index in [9.17, 15) is 8.42 Å². The van der Waals surface area contributed by atoms with Gasteiger partial charge >= 0.3 is 0 Å². The minimum absolute atomic E-state index is 0.00577. The third kappa shape index (κ3) is 2.11. The van der Waals surface area contributed by atoms with Crippen molar-refractivity contribution in [1.82, 2.24) is 19.7 Å². The molecule has 2 aromatic heterocycles. The lowest BCUT2D eigenvalue weighted by Crippen LogP contribution is -2.07. The molecule has 7 nitrogen and oxygen atoms in total. The van der Waals surface area contributed by atoms with Gasteiger partial charge in [0.2, 0.25) is 0 Å². The molecule has 0 saturated carbocycles. The lowest BCUT2D eigenvalue weighted by molar-refractivity contribution is 0.602. The number of anilines is 1. The van der Waals surface area contributed by atoms with Gasteiger partial charge in [-0.15, -0.1) is 0 Å². The van der Waals surface area contributed by atoms with Gasteiger partial charge < -0.3 is 5.73 Å². The van der Waals surface area contributed by atoms with Crippen molar-refractivity contribution in [2.24, 2.45) is 0 Å². The number of nitrogen functional groups attached to an aromatic ring is 1. The number of aryl methyl sites for hydroxylation is 1. The number of hydrogen-bond donors (Lipinski definition) is 1. The summed E-state index contributed by atoms with van der Waals surface area (Å²) in [6, 6.07) is 1.66. The van der Waals surface area contributed by atoms with Gasteiger partial charge in [-0.05, 0) is 6.92 Å². The van der Waals surface area contributed by atoms with Crippen LogP contribution in [0.4, 0.5) is 5.82 Å². The fourth-order valence-corrected chi connectivity index (χ4v) is 2.07. The number of nitrogens with two attached hydrogens (primary N) is 1. The molecule has 0 fully saturated rings. The highest BCUT2D eigenvalue weighted by Crippen LogP contribution is 2.20. The molecule has 2 aromatic rings. The molecule has 0 atom stereocenters. The first-order valence-electron chi connectivity index (χ1n) is 4.72. The second-order valence-corrected chi connectivity index (χ2v) is 5.58. The van der Waals surface area contributed by atoms with Crippen LogP contribution >= 0.6 is 0 Å². The normalized spacial score (nSPS) is 11.6. The Morgan fingerprint density at radius 3 is 2.59 bits per heavy atom. The molecule has 90 valence electrons. The van der Waals surface area contributed by atoms with Gasteiger partial charge in [0.25, 0.3) is 0 Å². The molecule has 0 aliphatic rings. The van der Waals surface area contributed by atoms with Gasteiger partial charge in [0.15, 0.2) is 15.7 Å². The summed E-state index contributed by atoms with van der Waals surface area (Å²) in [6.07, 6.45) is 3.66. The van der Waals surface area contributed by atoms with Crippen molar-refractivity contribution in [3.63, 3.8) is 0 Å². The lowest BCUT2D eigenvalue weighted by Gasteiger charge is -2.03. The maximum atomic E-state index is 11.4. The lowest BCUT2D eigenvalue weighted by atomic mass is 10.4. The molecule has 2 rings (SSSR count). The Labute approximate surface area is 98.2 Å². The summed E-state index contributed by atoms with van der Waals surface area (Å²) in [5, 5.41) is 3.92. The van der Waals surface area contributed by atoms with Crippen molar-refractivity contribution >= 4 is 15.7 Å². The van der Waals surface area contributed by atoms with E-state index >= 15 is 0 Å². The Balaban J connectivity index is 2.60. The van der Waals surface area contributed by atoms with Crippen LogP contribution in [0, 0.1) is 6.92 Å². The minimum Gasteiger partial charge on any atom is -0.382 e. The third-order valence-corrected chi connectivity index (χ3v) is 3.29. The number of nitrogens with zero attached hydrogens (tertiary/aromatic N) is 4. The molecule has 2 heterocycles. The van der Waals surface area contributed by atoms with Crippen LogP contribution in [0.25, 0.3) is 5.82 Å². The molecule has 0 radical (unpaired) electrons. The maximum Gasteiger partial charge on any atom is 0.180 e. The van der Waals surface area contributed by atoms with E-state index in [1.807, 2.05) is 0 Å². The van der Waals surface area contributed by atoms with E-state index in [4.69, 9.17) is 5.73 Å². The molecular weight excluding hydrogens is 242 g/mol. The molecule has 0 saturated heterocycles. The van der Waals surface area contributed by atoms with E-state index in [1.165, 1.54) is 17.2 Å². The van der Waals surface area contributed by atoms with Crippen molar-refractivity contribution < 1.29 is 8.42 Å². The van der Waals surface area contributed by atoms with E-state index in [2.05, 4.69) is 15.1 Å². The van der Waals surface area contributed by atoms with Crippen molar-refractivity contribution in [3.05, 3.63) is 24.3 Å². The first-order valence-corrected chi connectivity index (χ1v) is 6.61. The molecule has 8 heteroatoms. The Hall–Kier alpha value is -1.96. The van der Waals surface area contributed by atoms with E-state index in [0.717, 1.165) is 11.9 Å². The predicted octanol–water partition coefficient (Wildman–Crippen LogP) is -0.0436. The third-order valence-electron chi connectivity index (χ3n) is 2.18. The summed E-state index contributed by atoms with van der Waals surface area (Å²) in [5.74, 6) is 0.482. The predicted molar refractivity (Wildman–Crippen MR) is 61.4 cm³/mol. The van der Waals surface area contributed by atoms with Gasteiger partial charge in [0, 0.05) is 18.0 Å². The molecule has 17 heavy (non-hydrogen) atoms. The summed E-state index contributed by atoms with van der Waals surface area (Å²) in [4.78, 5) is 7.91. The smallest absolute Gasteiger partial charge is 0.180 e. The van der Waals surface area contributed by atoms with Crippen molar-refractivity contribution in [3.8, 4) is 5.82 Å². The Kier molecular flexibility index (Phi) is 2.58. The van der Waals surface area contributed by atoms with Crippen LogP contribution in [0.2, 0.25) is 0 Å². The van der Waals surface area contributed by atoms with Gasteiger partial charge in [-0.25, -0.2) is 18.4 Å². The van der Waals surface area contributed by atoms with Gasteiger partial charge in [-0.1, -0.05) is 0 Å². The summed E-state index contributed by atoms with van der Waals surface area (Å²) in [6.45, 7) is 1.79. The molecule has 0 aliphatic heterocycles. The summed E-state index contributed by atoms with van der Waals surface area (Å²) in [7, 11) is -3.38. The standard InChI is InChI=1S/C9H11N5O2S/c1-6-3-8(12-5-11-6)14-9(10)7(4-13-14)17(2,15)16/h3-5H,10H2,1-2H3. The van der Waals surface area contributed by atoms with E-state index in [1.54, 1.807) is 13.0 Å². The number of hydrogen-bond acceptors (Lipinski definition) is 6. The number of aromatic nitrogens is 4. The van der Waals surface area contributed by atoms with Crippen LogP contribution in [0.3, 0.4) is 0 Å². The van der Waals surface area contributed by atoms with Crippen LogP contribution < -0.4 is 5.73 Å². The van der Waals surface area contributed by atoms with E-state index < -0.39 is 9.84 Å². The van der Waals surface area contributed by atoms with Crippen LogP contribution in [0.15, 0.2) is 23.5 Å². The zero-order valence-corrected chi connectivity index (χ0v) is 10.1. The quantitative estimate of drug-likeness (QED) is 0.805. The Morgan fingerprint density at radius 2 is 2.06 bits per heavy atom. The molecule has 0 amide bonds. The first-order chi connectivity index (χ1) is 7.89. The number of sulfone groups is 1. The van der Waals surface area contributed by atoms with Crippen LogP contribution in [0.5, 0.6) is 0 Å². The molecular formula is C9H11N5O2S. The average molecular weight is 253 g/mol. The monoisotopic (exact) mass is 253 g/mol. The van der Waals surface area contributed by atoms with E-state index in [-0.39, 0.29) is 10.7 Å². The van der Waals surface area contributed by atoms with Crippen LogP contribution in [-0.4, -0.2) is 34.4 Å². The van der Waals surface area contributed by atoms with Crippen molar-refractivity contribution in [2.75, 3.05) is 12.0 Å². The second kappa shape index (κ2) is 3.81. The van der Waals surface area contributed by atoms with Crippen LogP contribution in [0.1, 0.15) is 5.69 Å². The SMILES string of the molecule is Cc1cc(-n2ncc(S(C)(=O)=O)c2N)ncn1. The van der Waals surface area contributed by atoms with Gasteiger partial charge in [0.1, 0.15) is 17.0 Å². The number of rotatable bonds is 2. The fourth-order valence-electron chi connectivity index (χ4n) is 1.37. The summed E-state index contributed by atoms with van der Waals surface area (Å²) < 4.78 is 24.1. The highest BCUT2D eigenvalue weighted by atomic mass is 32.2. The minimum atomic E-state index is -3.38. The molecule has 0 unspecified atom stereocenters. The molecule has 2 N–H and O–H groups in total. The Bertz CT molecular complexity index is 662. The van der Waals surface area contributed by atoms with Gasteiger partial charge in [-0.3, -0.25) is 0 Å². The topological polar surface area (TPSA) is 104 Å². The molecule has 0 aliphatic carbocycles. The zero-order chi connectivity index (χ0) is 12.6. The highest BCUT2D eigenvalue weighted by Gasteiger charge is 2.18. The second-order valence-electron chi connectivity index (χ2n) is 3.60. The van der Waals surface area contributed by atoms with Crippen molar-refractivity contribution in [2.45, 2.75) is 11.8 Å². The molecule has 0 bridgehead atoms. The highest BCUT2D eigenvalue weighted by molar-refractivity contribution is 7.90. The Morgan fingerprint density at radius 1 is 1.35 bits per heavy atom. The van der Waals surface area contributed by atoms with E-state index in [0.29, 0.717) is 5.82 Å². The average Bonchev–Trinajstić information content (AvgIpc) is 2.59. The maximum absolute atomic E-state index is 11.4. The molecule has 0 aromatic carbocycles. The fraction of sp³-hybridized carbons (Fsp3) is 0.222. The van der Waals surface area contributed by atoms with Crippen molar-refractivity contribution in [1.29, 1.82) is 0 Å². The van der Waals surface area contributed by atoms with Gasteiger partial charge in [0.05, 0.1) is 6.20 Å². The molecule has 0 spiro atoms. The zero-order valence-electron chi connectivity index (χ0n) is 9.32.